The number of hydrogen-bond donors (Lipinski definition) is 2. The zero-order valence-corrected chi connectivity index (χ0v) is 16.8. The molecule has 0 saturated heterocycles. The van der Waals surface area contributed by atoms with Gasteiger partial charge in [-0.15, -0.1) is 0 Å². The van der Waals surface area contributed by atoms with E-state index in [9.17, 15) is 4.39 Å². The highest BCUT2D eigenvalue weighted by Gasteiger charge is 2.11. The summed E-state index contributed by atoms with van der Waals surface area (Å²) in [5.74, 6) is 1.40. The van der Waals surface area contributed by atoms with Crippen molar-refractivity contribution in [1.82, 2.24) is 25.8 Å². The van der Waals surface area contributed by atoms with Gasteiger partial charge in [-0.1, -0.05) is 23.4 Å². The molecule has 2 aromatic heterocycles. The standard InChI is InChI=1S/C21H25FN6O/c1-4-23-21(26-15(3)16-9-8-14(2)17(22)13-16)25-12-10-19-27-20(29-28-19)18-7-5-6-11-24-18/h5-9,11,13,15H,4,10,12H2,1-3H3,(H2,23,25,26). The summed E-state index contributed by atoms with van der Waals surface area (Å²) < 4.78 is 19.1. The zero-order chi connectivity index (χ0) is 20.6. The van der Waals surface area contributed by atoms with Crippen LogP contribution < -0.4 is 10.6 Å². The molecule has 3 aromatic rings. The molecule has 2 heterocycles. The van der Waals surface area contributed by atoms with E-state index in [1.54, 1.807) is 25.3 Å². The molecule has 152 valence electrons. The molecular weight excluding hydrogens is 371 g/mol. The maximum atomic E-state index is 13.8. The van der Waals surface area contributed by atoms with E-state index in [2.05, 4.69) is 30.8 Å². The zero-order valence-electron chi connectivity index (χ0n) is 16.8. The first kappa shape index (κ1) is 20.4. The number of hydrogen-bond acceptors (Lipinski definition) is 5. The maximum absolute atomic E-state index is 13.8. The van der Waals surface area contributed by atoms with Crippen molar-refractivity contribution in [2.24, 2.45) is 4.99 Å². The molecule has 29 heavy (non-hydrogen) atoms. The molecule has 0 spiro atoms. The Labute approximate surface area is 169 Å². The number of halogens is 1. The van der Waals surface area contributed by atoms with E-state index in [4.69, 9.17) is 4.52 Å². The van der Waals surface area contributed by atoms with Gasteiger partial charge in [0.15, 0.2) is 11.8 Å². The summed E-state index contributed by atoms with van der Waals surface area (Å²) in [4.78, 5) is 13.1. The van der Waals surface area contributed by atoms with Gasteiger partial charge in [-0.3, -0.25) is 9.98 Å². The third kappa shape index (κ3) is 5.60. The summed E-state index contributed by atoms with van der Waals surface area (Å²) >= 11 is 0. The number of rotatable bonds is 7. The predicted molar refractivity (Wildman–Crippen MR) is 110 cm³/mol. The fraction of sp³-hybridized carbons (Fsp3) is 0.333. The highest BCUT2D eigenvalue weighted by atomic mass is 19.1. The Morgan fingerprint density at radius 3 is 2.86 bits per heavy atom. The van der Waals surface area contributed by atoms with Gasteiger partial charge >= 0.3 is 0 Å². The fourth-order valence-corrected chi connectivity index (χ4v) is 2.70. The van der Waals surface area contributed by atoms with Crippen LogP contribution in [0.2, 0.25) is 0 Å². The van der Waals surface area contributed by atoms with Crippen molar-refractivity contribution >= 4 is 5.96 Å². The molecule has 7 nitrogen and oxygen atoms in total. The van der Waals surface area contributed by atoms with Crippen molar-refractivity contribution < 1.29 is 8.91 Å². The van der Waals surface area contributed by atoms with Gasteiger partial charge in [0, 0.05) is 25.7 Å². The monoisotopic (exact) mass is 396 g/mol. The van der Waals surface area contributed by atoms with Crippen molar-refractivity contribution in [2.75, 3.05) is 13.1 Å². The van der Waals surface area contributed by atoms with E-state index in [0.717, 1.165) is 5.56 Å². The third-order valence-electron chi connectivity index (χ3n) is 4.35. The normalized spacial score (nSPS) is 12.6. The highest BCUT2D eigenvalue weighted by Crippen LogP contribution is 2.16. The number of nitrogens with zero attached hydrogens (tertiary/aromatic N) is 4. The first-order chi connectivity index (χ1) is 14.1. The summed E-state index contributed by atoms with van der Waals surface area (Å²) in [6, 6.07) is 10.7. The minimum absolute atomic E-state index is 0.0937. The third-order valence-corrected chi connectivity index (χ3v) is 4.35. The molecule has 0 bridgehead atoms. The second-order valence-corrected chi connectivity index (χ2v) is 6.62. The Kier molecular flexibility index (Phi) is 6.89. The second-order valence-electron chi connectivity index (χ2n) is 6.62. The average Bonchev–Trinajstić information content (AvgIpc) is 3.20. The lowest BCUT2D eigenvalue weighted by Gasteiger charge is -2.18. The van der Waals surface area contributed by atoms with E-state index < -0.39 is 0 Å². The molecular formula is C21H25FN6O. The van der Waals surface area contributed by atoms with Crippen LogP contribution in [-0.2, 0) is 6.42 Å². The summed E-state index contributed by atoms with van der Waals surface area (Å²) in [5, 5.41) is 10.5. The van der Waals surface area contributed by atoms with Gasteiger partial charge in [0.1, 0.15) is 11.5 Å². The Morgan fingerprint density at radius 2 is 2.14 bits per heavy atom. The Bertz CT molecular complexity index is 957. The molecule has 0 saturated carbocycles. The Morgan fingerprint density at radius 1 is 1.28 bits per heavy atom. The van der Waals surface area contributed by atoms with Crippen molar-refractivity contribution in [3.05, 3.63) is 65.4 Å². The van der Waals surface area contributed by atoms with E-state index in [-0.39, 0.29) is 11.9 Å². The van der Waals surface area contributed by atoms with Crippen LogP contribution in [0.1, 0.15) is 36.8 Å². The van der Waals surface area contributed by atoms with Crippen molar-refractivity contribution in [1.29, 1.82) is 0 Å². The van der Waals surface area contributed by atoms with E-state index >= 15 is 0 Å². The molecule has 1 atom stereocenters. The summed E-state index contributed by atoms with van der Waals surface area (Å²) in [7, 11) is 0. The molecule has 1 unspecified atom stereocenters. The lowest BCUT2D eigenvalue weighted by molar-refractivity contribution is 0.421. The average molecular weight is 396 g/mol. The van der Waals surface area contributed by atoms with Crippen molar-refractivity contribution in [3.8, 4) is 11.6 Å². The minimum Gasteiger partial charge on any atom is -0.357 e. The van der Waals surface area contributed by atoms with Gasteiger partial charge in [-0.2, -0.15) is 4.98 Å². The maximum Gasteiger partial charge on any atom is 0.276 e. The van der Waals surface area contributed by atoms with Crippen LogP contribution in [0.25, 0.3) is 11.6 Å². The minimum atomic E-state index is -0.209. The number of aliphatic imine (C=N–C) groups is 1. The first-order valence-electron chi connectivity index (χ1n) is 9.61. The van der Waals surface area contributed by atoms with Crippen LogP contribution in [0.15, 0.2) is 52.1 Å². The van der Waals surface area contributed by atoms with E-state index in [1.165, 1.54) is 0 Å². The molecule has 0 aliphatic heterocycles. The van der Waals surface area contributed by atoms with Crippen LogP contribution in [0.3, 0.4) is 0 Å². The summed E-state index contributed by atoms with van der Waals surface area (Å²) in [6.45, 7) is 6.90. The Hall–Kier alpha value is -3.29. The number of aryl methyl sites for hydroxylation is 1. The smallest absolute Gasteiger partial charge is 0.276 e. The van der Waals surface area contributed by atoms with E-state index in [1.807, 2.05) is 38.1 Å². The number of benzene rings is 1. The molecule has 1 aromatic carbocycles. The quantitative estimate of drug-likeness (QED) is 0.470. The Balaban J connectivity index is 1.60. The SMILES string of the molecule is CCNC(=NCCc1noc(-c2ccccn2)n1)NC(C)c1ccc(C)c(F)c1. The molecule has 0 amide bonds. The largest absolute Gasteiger partial charge is 0.357 e. The van der Waals surface area contributed by atoms with Crippen LogP contribution in [0, 0.1) is 12.7 Å². The van der Waals surface area contributed by atoms with E-state index in [0.29, 0.717) is 48.4 Å². The second kappa shape index (κ2) is 9.77. The molecule has 2 N–H and O–H groups in total. The topological polar surface area (TPSA) is 88.2 Å². The van der Waals surface area contributed by atoms with Crippen LogP contribution in [0.5, 0.6) is 0 Å². The molecule has 0 aliphatic carbocycles. The number of guanidine groups is 1. The molecule has 0 aliphatic rings. The summed E-state index contributed by atoms with van der Waals surface area (Å²) in [6.07, 6.45) is 2.21. The molecule has 0 fully saturated rings. The molecule has 0 radical (unpaired) electrons. The van der Waals surface area contributed by atoms with Gasteiger partial charge in [0.25, 0.3) is 5.89 Å². The van der Waals surface area contributed by atoms with Gasteiger partial charge in [0.05, 0.1) is 6.04 Å². The van der Waals surface area contributed by atoms with Crippen molar-refractivity contribution in [3.63, 3.8) is 0 Å². The van der Waals surface area contributed by atoms with Gasteiger partial charge < -0.3 is 15.2 Å². The molecule has 8 heteroatoms. The number of aromatic nitrogens is 3. The van der Waals surface area contributed by atoms with Gasteiger partial charge in [-0.25, -0.2) is 4.39 Å². The van der Waals surface area contributed by atoms with Crippen LogP contribution in [-0.4, -0.2) is 34.2 Å². The first-order valence-corrected chi connectivity index (χ1v) is 9.61. The number of pyridine rings is 1. The lowest BCUT2D eigenvalue weighted by Crippen LogP contribution is -2.39. The highest BCUT2D eigenvalue weighted by molar-refractivity contribution is 5.80. The molecule has 3 rings (SSSR count). The summed E-state index contributed by atoms with van der Waals surface area (Å²) in [5.41, 5.74) is 2.13. The fourth-order valence-electron chi connectivity index (χ4n) is 2.70. The predicted octanol–water partition coefficient (Wildman–Crippen LogP) is 3.44. The van der Waals surface area contributed by atoms with Crippen LogP contribution >= 0.6 is 0 Å². The van der Waals surface area contributed by atoms with Crippen molar-refractivity contribution in [2.45, 2.75) is 33.2 Å². The lowest BCUT2D eigenvalue weighted by atomic mass is 10.1. The number of nitrogens with one attached hydrogen (secondary N) is 2. The van der Waals surface area contributed by atoms with Crippen LogP contribution in [0.4, 0.5) is 4.39 Å². The van der Waals surface area contributed by atoms with Gasteiger partial charge in [0.2, 0.25) is 0 Å². The van der Waals surface area contributed by atoms with Gasteiger partial charge in [-0.05, 0) is 50.1 Å².